The van der Waals surface area contributed by atoms with Crippen LogP contribution < -0.4 is 14.8 Å². The van der Waals surface area contributed by atoms with Crippen molar-refractivity contribution in [1.82, 2.24) is 9.78 Å². The second-order valence-corrected chi connectivity index (χ2v) is 7.57. The third-order valence-corrected chi connectivity index (χ3v) is 5.21. The fourth-order valence-electron chi connectivity index (χ4n) is 3.49. The van der Waals surface area contributed by atoms with E-state index in [9.17, 15) is 13.6 Å². The molecule has 6 nitrogen and oxygen atoms in total. The molecular weight excluding hydrogens is 440 g/mol. The van der Waals surface area contributed by atoms with Crippen LogP contribution in [0.2, 0.25) is 0 Å². The molecule has 0 radical (unpaired) electrons. The molecule has 0 saturated heterocycles. The zero-order valence-corrected chi connectivity index (χ0v) is 18.7. The van der Waals surface area contributed by atoms with Gasteiger partial charge in [-0.3, -0.25) is 4.79 Å². The van der Waals surface area contributed by atoms with Gasteiger partial charge in [-0.15, -0.1) is 0 Å². The summed E-state index contributed by atoms with van der Waals surface area (Å²) in [5.74, 6) is 0.0624. The van der Waals surface area contributed by atoms with Crippen LogP contribution in [-0.4, -0.2) is 22.8 Å². The molecule has 0 aliphatic heterocycles. The van der Waals surface area contributed by atoms with Gasteiger partial charge in [0, 0.05) is 18.1 Å². The second-order valence-electron chi connectivity index (χ2n) is 7.57. The normalized spacial score (nSPS) is 10.7. The van der Waals surface area contributed by atoms with E-state index in [4.69, 9.17) is 9.47 Å². The number of ether oxygens (including phenoxy) is 2. The van der Waals surface area contributed by atoms with Gasteiger partial charge in [0.05, 0.1) is 24.2 Å². The number of methoxy groups -OCH3 is 1. The van der Waals surface area contributed by atoms with Gasteiger partial charge in [0.2, 0.25) is 11.8 Å². The maximum atomic E-state index is 13.9. The summed E-state index contributed by atoms with van der Waals surface area (Å²) in [6, 6.07) is 19.0. The van der Waals surface area contributed by atoms with E-state index < -0.39 is 11.6 Å². The summed E-state index contributed by atoms with van der Waals surface area (Å²) in [6.07, 6.45) is 0.357. The Morgan fingerprint density at radius 1 is 1.00 bits per heavy atom. The van der Waals surface area contributed by atoms with Gasteiger partial charge in [-0.1, -0.05) is 18.2 Å². The number of carbonyl (C=O) groups excluding carboxylic acids is 1. The third-order valence-electron chi connectivity index (χ3n) is 5.21. The van der Waals surface area contributed by atoms with E-state index in [0.717, 1.165) is 0 Å². The van der Waals surface area contributed by atoms with Crippen molar-refractivity contribution in [2.75, 3.05) is 12.4 Å². The first kappa shape index (κ1) is 23.0. The first-order valence-electron chi connectivity index (χ1n) is 10.7. The van der Waals surface area contributed by atoms with E-state index in [1.54, 1.807) is 48.2 Å². The van der Waals surface area contributed by atoms with E-state index in [2.05, 4.69) is 10.4 Å². The minimum absolute atomic E-state index is 0.0724. The van der Waals surface area contributed by atoms with E-state index in [1.165, 1.54) is 24.3 Å². The van der Waals surface area contributed by atoms with E-state index in [0.29, 0.717) is 34.3 Å². The summed E-state index contributed by atoms with van der Waals surface area (Å²) in [4.78, 5) is 12.5. The van der Waals surface area contributed by atoms with Crippen LogP contribution in [0.1, 0.15) is 17.7 Å². The summed E-state index contributed by atoms with van der Waals surface area (Å²) in [7, 11) is 1.58. The molecule has 1 heterocycles. The van der Waals surface area contributed by atoms with Crippen molar-refractivity contribution >= 4 is 11.6 Å². The molecule has 0 aliphatic carbocycles. The van der Waals surface area contributed by atoms with Crippen molar-refractivity contribution in [2.24, 2.45) is 0 Å². The molecule has 0 spiro atoms. The summed E-state index contributed by atoms with van der Waals surface area (Å²) < 4.78 is 40.5. The van der Waals surface area contributed by atoms with Crippen molar-refractivity contribution < 1.29 is 23.0 Å². The van der Waals surface area contributed by atoms with Crippen LogP contribution in [0, 0.1) is 18.6 Å². The number of aryl methyl sites for hydroxylation is 1. The molecule has 0 atom stereocenters. The Labute approximate surface area is 195 Å². The van der Waals surface area contributed by atoms with Crippen LogP contribution in [0.15, 0.2) is 72.8 Å². The molecule has 174 valence electrons. The van der Waals surface area contributed by atoms with Gasteiger partial charge >= 0.3 is 0 Å². The SMILES string of the molecule is COc1ccc(-n2nc(C)c(CCC(=O)Nc3ccccc3F)c2Oc2cccc(F)c2)cc1. The van der Waals surface area contributed by atoms with Gasteiger partial charge in [0.1, 0.15) is 23.1 Å². The standard InChI is InChI=1S/C26H23F2N3O3/c1-17-22(14-15-25(32)29-24-9-4-3-8-23(24)28)26(34-21-7-5-6-18(27)16-21)31(30-17)19-10-12-20(33-2)13-11-19/h3-13,16H,14-15H2,1-2H3,(H,29,32). The van der Waals surface area contributed by atoms with E-state index in [1.807, 2.05) is 19.1 Å². The van der Waals surface area contributed by atoms with Crippen LogP contribution in [0.5, 0.6) is 17.4 Å². The van der Waals surface area contributed by atoms with Crippen LogP contribution in [0.3, 0.4) is 0 Å². The lowest BCUT2D eigenvalue weighted by Crippen LogP contribution is -2.13. The molecule has 0 saturated carbocycles. The first-order chi connectivity index (χ1) is 16.4. The van der Waals surface area contributed by atoms with Crippen LogP contribution in [0.4, 0.5) is 14.5 Å². The van der Waals surface area contributed by atoms with Crippen molar-refractivity contribution in [3.63, 3.8) is 0 Å². The maximum Gasteiger partial charge on any atom is 0.226 e. The lowest BCUT2D eigenvalue weighted by molar-refractivity contribution is -0.116. The highest BCUT2D eigenvalue weighted by molar-refractivity contribution is 5.91. The van der Waals surface area contributed by atoms with Gasteiger partial charge in [-0.05, 0) is 61.9 Å². The lowest BCUT2D eigenvalue weighted by atomic mass is 10.1. The zero-order valence-electron chi connectivity index (χ0n) is 18.7. The zero-order chi connectivity index (χ0) is 24.1. The number of carbonyl (C=O) groups is 1. The minimum atomic E-state index is -0.505. The number of aromatic nitrogens is 2. The average molecular weight is 463 g/mol. The van der Waals surface area contributed by atoms with Crippen molar-refractivity contribution in [2.45, 2.75) is 19.8 Å². The fourth-order valence-corrected chi connectivity index (χ4v) is 3.49. The third kappa shape index (κ3) is 5.23. The van der Waals surface area contributed by atoms with E-state index >= 15 is 0 Å². The smallest absolute Gasteiger partial charge is 0.226 e. The highest BCUT2D eigenvalue weighted by Crippen LogP contribution is 2.32. The van der Waals surface area contributed by atoms with Gasteiger partial charge < -0.3 is 14.8 Å². The largest absolute Gasteiger partial charge is 0.497 e. The van der Waals surface area contributed by atoms with Crippen LogP contribution in [-0.2, 0) is 11.2 Å². The van der Waals surface area contributed by atoms with Crippen molar-refractivity contribution in [1.29, 1.82) is 0 Å². The van der Waals surface area contributed by atoms with E-state index in [-0.39, 0.29) is 24.4 Å². The molecule has 4 aromatic rings. The molecule has 4 rings (SSSR count). The highest BCUT2D eigenvalue weighted by atomic mass is 19.1. The summed E-state index contributed by atoms with van der Waals surface area (Å²) in [5.41, 5.74) is 2.16. The lowest BCUT2D eigenvalue weighted by Gasteiger charge is -2.12. The Balaban J connectivity index is 1.63. The van der Waals surface area contributed by atoms with Crippen molar-refractivity contribution in [3.8, 4) is 23.1 Å². The number of nitrogens with zero attached hydrogens (tertiary/aromatic N) is 2. The maximum absolute atomic E-state index is 13.9. The first-order valence-corrected chi connectivity index (χ1v) is 10.7. The molecule has 1 amide bonds. The number of amides is 1. The molecule has 1 aromatic heterocycles. The molecule has 34 heavy (non-hydrogen) atoms. The van der Waals surface area contributed by atoms with Gasteiger partial charge in [0.25, 0.3) is 0 Å². The fraction of sp³-hybridized carbons (Fsp3) is 0.154. The number of para-hydroxylation sites is 1. The predicted molar refractivity (Wildman–Crippen MR) is 125 cm³/mol. The topological polar surface area (TPSA) is 65.4 Å². The Morgan fingerprint density at radius 2 is 1.76 bits per heavy atom. The Morgan fingerprint density at radius 3 is 2.47 bits per heavy atom. The molecule has 0 bridgehead atoms. The van der Waals surface area contributed by atoms with Gasteiger partial charge in [0.15, 0.2) is 0 Å². The minimum Gasteiger partial charge on any atom is -0.497 e. The van der Waals surface area contributed by atoms with Crippen molar-refractivity contribution in [3.05, 3.63) is 95.7 Å². The number of hydrogen-bond acceptors (Lipinski definition) is 4. The number of benzene rings is 3. The van der Waals surface area contributed by atoms with Gasteiger partial charge in [-0.25, -0.2) is 13.5 Å². The number of anilines is 1. The second kappa shape index (κ2) is 10.2. The Kier molecular flexibility index (Phi) is 6.87. The quantitative estimate of drug-likeness (QED) is 0.357. The molecule has 0 fully saturated rings. The average Bonchev–Trinajstić information content (AvgIpc) is 3.14. The Hall–Kier alpha value is -4.20. The summed E-state index contributed by atoms with van der Waals surface area (Å²) in [6.45, 7) is 1.81. The molecule has 8 heteroatoms. The molecule has 3 aromatic carbocycles. The number of rotatable bonds is 8. The highest BCUT2D eigenvalue weighted by Gasteiger charge is 2.20. The Bertz CT molecular complexity index is 1300. The molecule has 0 unspecified atom stereocenters. The number of nitrogens with one attached hydrogen (secondary N) is 1. The molecule has 1 N–H and O–H groups in total. The van der Waals surface area contributed by atoms with Crippen LogP contribution >= 0.6 is 0 Å². The summed E-state index contributed by atoms with van der Waals surface area (Å²) in [5, 5.41) is 7.18. The number of halogens is 2. The monoisotopic (exact) mass is 463 g/mol. The predicted octanol–water partition coefficient (Wildman–Crippen LogP) is 5.83. The molecular formula is C26H23F2N3O3. The summed E-state index contributed by atoms with van der Waals surface area (Å²) >= 11 is 0. The van der Waals surface area contributed by atoms with Gasteiger partial charge in [-0.2, -0.15) is 5.10 Å². The molecule has 0 aliphatic rings. The number of hydrogen-bond donors (Lipinski definition) is 1. The van der Waals surface area contributed by atoms with Crippen LogP contribution in [0.25, 0.3) is 5.69 Å².